The van der Waals surface area contributed by atoms with Crippen molar-refractivity contribution in [1.82, 2.24) is 0 Å². The van der Waals surface area contributed by atoms with Gasteiger partial charge in [0.25, 0.3) is 0 Å². The lowest BCUT2D eigenvalue weighted by Gasteiger charge is -2.07. The molecule has 16 heavy (non-hydrogen) atoms. The van der Waals surface area contributed by atoms with Crippen LogP contribution in [0.2, 0.25) is 0 Å². The molecule has 2 rings (SSSR count). The summed E-state index contributed by atoms with van der Waals surface area (Å²) in [6.45, 7) is 0. The van der Waals surface area contributed by atoms with Crippen LogP contribution in [-0.4, -0.2) is 7.11 Å². The van der Waals surface area contributed by atoms with Crippen molar-refractivity contribution in [3.8, 4) is 17.2 Å². The van der Waals surface area contributed by atoms with Crippen molar-refractivity contribution in [2.24, 2.45) is 0 Å². The van der Waals surface area contributed by atoms with Crippen LogP contribution in [0, 0.1) is 0 Å². The topological polar surface area (TPSA) is 44.5 Å². The first kappa shape index (κ1) is 10.4. The third kappa shape index (κ3) is 2.45. The molecular formula is C13H13NO2. The number of benzene rings is 2. The predicted octanol–water partition coefficient (Wildman–Crippen LogP) is 3.07. The lowest BCUT2D eigenvalue weighted by molar-refractivity contribution is 0.409. The van der Waals surface area contributed by atoms with Gasteiger partial charge in [0, 0.05) is 17.8 Å². The molecule has 0 unspecified atom stereocenters. The molecule has 0 radical (unpaired) electrons. The summed E-state index contributed by atoms with van der Waals surface area (Å²) in [4.78, 5) is 0. The van der Waals surface area contributed by atoms with Gasteiger partial charge in [-0.3, -0.25) is 0 Å². The van der Waals surface area contributed by atoms with E-state index in [1.807, 2.05) is 42.5 Å². The Morgan fingerprint density at radius 1 is 0.875 bits per heavy atom. The summed E-state index contributed by atoms with van der Waals surface area (Å²) in [7, 11) is 1.62. The third-order valence-electron chi connectivity index (χ3n) is 2.13. The maximum absolute atomic E-state index is 5.66. The minimum Gasteiger partial charge on any atom is -0.497 e. The fraction of sp³-hybridized carbons (Fsp3) is 0.0769. The highest BCUT2D eigenvalue weighted by Crippen LogP contribution is 2.25. The molecule has 2 aromatic rings. The first-order valence-corrected chi connectivity index (χ1v) is 4.95. The van der Waals surface area contributed by atoms with Gasteiger partial charge >= 0.3 is 0 Å². The zero-order valence-electron chi connectivity index (χ0n) is 9.01. The minimum absolute atomic E-state index is 0.681. The molecule has 2 N–H and O–H groups in total. The SMILES string of the molecule is COc1cccc(Oc2cccc(N)c2)c1. The largest absolute Gasteiger partial charge is 0.497 e. The standard InChI is InChI=1S/C13H13NO2/c1-15-11-5-3-7-13(9-11)16-12-6-2-4-10(14)8-12/h2-9H,14H2,1H3. The second-order valence-corrected chi connectivity index (χ2v) is 3.35. The number of methoxy groups -OCH3 is 1. The van der Waals surface area contributed by atoms with Crippen molar-refractivity contribution in [2.75, 3.05) is 12.8 Å². The summed E-state index contributed by atoms with van der Waals surface area (Å²) < 4.78 is 10.8. The number of hydrogen-bond acceptors (Lipinski definition) is 3. The molecule has 0 aromatic heterocycles. The fourth-order valence-corrected chi connectivity index (χ4v) is 1.38. The van der Waals surface area contributed by atoms with Crippen LogP contribution in [0.5, 0.6) is 17.2 Å². The maximum Gasteiger partial charge on any atom is 0.131 e. The number of nitrogens with two attached hydrogens (primary N) is 1. The molecule has 2 aromatic carbocycles. The van der Waals surface area contributed by atoms with E-state index in [1.165, 1.54) is 0 Å². The van der Waals surface area contributed by atoms with Crippen molar-refractivity contribution in [3.05, 3.63) is 48.5 Å². The molecule has 3 nitrogen and oxygen atoms in total. The first-order valence-electron chi connectivity index (χ1n) is 4.95. The minimum atomic E-state index is 0.681. The van der Waals surface area contributed by atoms with Crippen LogP contribution < -0.4 is 15.2 Å². The van der Waals surface area contributed by atoms with E-state index >= 15 is 0 Å². The molecule has 0 saturated carbocycles. The summed E-state index contributed by atoms with van der Waals surface area (Å²) in [6.07, 6.45) is 0. The molecule has 0 fully saturated rings. The Kier molecular flexibility index (Phi) is 2.96. The van der Waals surface area contributed by atoms with E-state index < -0.39 is 0 Å². The number of nitrogen functional groups attached to an aromatic ring is 1. The van der Waals surface area contributed by atoms with Gasteiger partial charge < -0.3 is 15.2 Å². The van der Waals surface area contributed by atoms with Gasteiger partial charge in [0.05, 0.1) is 7.11 Å². The molecule has 0 saturated heterocycles. The highest BCUT2D eigenvalue weighted by atomic mass is 16.5. The smallest absolute Gasteiger partial charge is 0.131 e. The molecular weight excluding hydrogens is 202 g/mol. The summed E-state index contributed by atoms with van der Waals surface area (Å²) in [5, 5.41) is 0. The van der Waals surface area contributed by atoms with E-state index in [-0.39, 0.29) is 0 Å². The molecule has 0 heterocycles. The summed E-state index contributed by atoms with van der Waals surface area (Å²) in [6, 6.07) is 14.7. The Hall–Kier alpha value is -2.16. The molecule has 0 spiro atoms. The third-order valence-corrected chi connectivity index (χ3v) is 2.13. The normalized spacial score (nSPS) is 9.81. The van der Waals surface area contributed by atoms with Gasteiger partial charge in [0.1, 0.15) is 17.2 Å². The molecule has 0 amide bonds. The Labute approximate surface area is 94.4 Å². The van der Waals surface area contributed by atoms with E-state index in [0.29, 0.717) is 11.4 Å². The molecule has 82 valence electrons. The van der Waals surface area contributed by atoms with Crippen molar-refractivity contribution >= 4 is 5.69 Å². The number of hydrogen-bond donors (Lipinski definition) is 1. The zero-order chi connectivity index (χ0) is 11.4. The quantitative estimate of drug-likeness (QED) is 0.800. The lowest BCUT2D eigenvalue weighted by Crippen LogP contribution is -1.88. The van der Waals surface area contributed by atoms with Crippen LogP contribution in [-0.2, 0) is 0 Å². The van der Waals surface area contributed by atoms with E-state index in [1.54, 1.807) is 13.2 Å². The Morgan fingerprint density at radius 3 is 2.19 bits per heavy atom. The maximum atomic E-state index is 5.66. The second-order valence-electron chi connectivity index (χ2n) is 3.35. The lowest BCUT2D eigenvalue weighted by atomic mass is 10.3. The van der Waals surface area contributed by atoms with Crippen LogP contribution in [0.1, 0.15) is 0 Å². The van der Waals surface area contributed by atoms with Gasteiger partial charge in [-0.25, -0.2) is 0 Å². The van der Waals surface area contributed by atoms with Gasteiger partial charge in [0.2, 0.25) is 0 Å². The fourth-order valence-electron chi connectivity index (χ4n) is 1.38. The molecule has 0 atom stereocenters. The van der Waals surface area contributed by atoms with Crippen molar-refractivity contribution in [2.45, 2.75) is 0 Å². The molecule has 3 heteroatoms. The monoisotopic (exact) mass is 215 g/mol. The number of anilines is 1. The second kappa shape index (κ2) is 4.57. The molecule has 0 aliphatic carbocycles. The predicted molar refractivity (Wildman–Crippen MR) is 63.9 cm³/mol. The zero-order valence-corrected chi connectivity index (χ0v) is 9.01. The Bertz CT molecular complexity index is 483. The van der Waals surface area contributed by atoms with Crippen molar-refractivity contribution in [3.63, 3.8) is 0 Å². The average Bonchev–Trinajstić information content (AvgIpc) is 2.29. The first-order chi connectivity index (χ1) is 7.78. The Balaban J connectivity index is 2.20. The van der Waals surface area contributed by atoms with Crippen molar-refractivity contribution < 1.29 is 9.47 Å². The molecule has 0 aliphatic rings. The van der Waals surface area contributed by atoms with E-state index in [2.05, 4.69) is 0 Å². The van der Waals surface area contributed by atoms with Crippen molar-refractivity contribution in [1.29, 1.82) is 0 Å². The highest BCUT2D eigenvalue weighted by molar-refractivity contribution is 5.45. The summed E-state index contributed by atoms with van der Waals surface area (Å²) in [5.74, 6) is 2.21. The molecule has 0 bridgehead atoms. The van der Waals surface area contributed by atoms with Gasteiger partial charge in [-0.15, -0.1) is 0 Å². The van der Waals surface area contributed by atoms with Crippen LogP contribution in [0.25, 0.3) is 0 Å². The van der Waals surface area contributed by atoms with Crippen LogP contribution >= 0.6 is 0 Å². The van der Waals surface area contributed by atoms with E-state index in [9.17, 15) is 0 Å². The van der Waals surface area contributed by atoms with Crippen LogP contribution in [0.4, 0.5) is 5.69 Å². The summed E-state index contributed by atoms with van der Waals surface area (Å²) >= 11 is 0. The summed E-state index contributed by atoms with van der Waals surface area (Å²) in [5.41, 5.74) is 6.34. The van der Waals surface area contributed by atoms with E-state index in [0.717, 1.165) is 11.5 Å². The molecule has 0 aliphatic heterocycles. The average molecular weight is 215 g/mol. The van der Waals surface area contributed by atoms with Gasteiger partial charge in [-0.1, -0.05) is 12.1 Å². The highest BCUT2D eigenvalue weighted by Gasteiger charge is 1.99. The van der Waals surface area contributed by atoms with Crippen LogP contribution in [0.15, 0.2) is 48.5 Å². The van der Waals surface area contributed by atoms with Gasteiger partial charge in [-0.2, -0.15) is 0 Å². The number of rotatable bonds is 3. The Morgan fingerprint density at radius 2 is 1.50 bits per heavy atom. The van der Waals surface area contributed by atoms with Gasteiger partial charge in [-0.05, 0) is 24.3 Å². The van der Waals surface area contributed by atoms with Crippen LogP contribution in [0.3, 0.4) is 0 Å². The van der Waals surface area contributed by atoms with E-state index in [4.69, 9.17) is 15.2 Å². The number of ether oxygens (including phenoxy) is 2. The van der Waals surface area contributed by atoms with Gasteiger partial charge in [0.15, 0.2) is 0 Å².